The summed E-state index contributed by atoms with van der Waals surface area (Å²) >= 11 is 0. The summed E-state index contributed by atoms with van der Waals surface area (Å²) in [5.74, 6) is -2.54. The molecule has 17 heteroatoms. The number of esters is 3. The Morgan fingerprint density at radius 1 is 0.833 bits per heavy atom. The number of azide groups is 1. The number of nitrogens with one attached hydrogen (secondary N) is 1. The predicted octanol–water partition coefficient (Wildman–Crippen LogP) is 6.47. The van der Waals surface area contributed by atoms with E-state index in [-0.39, 0.29) is 69.8 Å². The number of ether oxygens (including phenoxy) is 9. The Bertz CT molecular complexity index is 1560. The number of benzene rings is 1. The molecular weight excluding hydrogens is 780 g/mol. The standard InChI is InChI=1S/C43H66N4O13/c1-9-25(5)20-33(48)46-37-38(58-35(50)21-26(6)10-2)27(7)31(56-43(37)52-19-18-45-47-44)23-53-41-28(8)39(59-36(51)22-30(11-3)55-34(49)12-4)40-32(57-41)24-54-42(60-40)29-16-14-13-15-17-29/h13-17,25-28,30-32,37-43H,9-12,18-24H2,1-8H3,(H,46,48)/t25-,26-,27-,28?,30-,31?,32?,37?,38+,39-,40-,41-,42?,43+/m1/s1. The zero-order chi connectivity index (χ0) is 43.8. The molecule has 3 aliphatic heterocycles. The lowest BCUT2D eigenvalue weighted by atomic mass is 9.88. The molecule has 60 heavy (non-hydrogen) atoms. The van der Waals surface area contributed by atoms with E-state index < -0.39 is 91.3 Å². The molecular formula is C43H66N4O13. The number of amides is 1. The predicted molar refractivity (Wildman–Crippen MR) is 216 cm³/mol. The van der Waals surface area contributed by atoms with Gasteiger partial charge in [0, 0.05) is 48.1 Å². The average molecular weight is 847 g/mol. The SMILES string of the molecule is CCC(=O)O[C@H](CC)CC(=O)O[C@@H]1C(C)[C@H](OCC2O[C@H](OCCN=[N+]=[N-])C(NC(=O)C[C@H](C)CC)[C@@H](OC(=O)C[C@H](C)CC)[C@@H]2C)OC2COC(c3ccccc3)O[C@H]21. The molecule has 14 atom stereocenters. The summed E-state index contributed by atoms with van der Waals surface area (Å²) in [6.45, 7) is 15.2. The normalized spacial score (nSPS) is 30.4. The maximum Gasteiger partial charge on any atom is 0.309 e. The minimum absolute atomic E-state index is 0.00445. The second-order valence-electron chi connectivity index (χ2n) is 16.2. The largest absolute Gasteiger partial charge is 0.462 e. The molecule has 0 bridgehead atoms. The Labute approximate surface area is 353 Å². The van der Waals surface area contributed by atoms with Crippen molar-refractivity contribution in [1.29, 1.82) is 0 Å². The molecule has 3 saturated heterocycles. The molecule has 3 aliphatic rings. The molecule has 3 fully saturated rings. The van der Waals surface area contributed by atoms with Crippen LogP contribution in [0.3, 0.4) is 0 Å². The highest BCUT2D eigenvalue weighted by Gasteiger charge is 2.52. The van der Waals surface area contributed by atoms with Gasteiger partial charge in [0.05, 0.1) is 32.3 Å². The Morgan fingerprint density at radius 2 is 1.52 bits per heavy atom. The zero-order valence-electron chi connectivity index (χ0n) is 36.4. The van der Waals surface area contributed by atoms with Crippen LogP contribution in [-0.4, -0.2) is 105 Å². The van der Waals surface area contributed by atoms with Gasteiger partial charge in [-0.1, -0.05) is 104 Å². The summed E-state index contributed by atoms with van der Waals surface area (Å²) in [5.41, 5.74) is 9.66. The molecule has 1 aromatic carbocycles. The van der Waals surface area contributed by atoms with Gasteiger partial charge in [-0.25, -0.2) is 0 Å². The van der Waals surface area contributed by atoms with Gasteiger partial charge < -0.3 is 47.9 Å². The van der Waals surface area contributed by atoms with Gasteiger partial charge in [0.25, 0.3) is 0 Å². The Hall–Kier alpha value is -3.83. The highest BCUT2D eigenvalue weighted by Crippen LogP contribution is 2.39. The van der Waals surface area contributed by atoms with Crippen LogP contribution in [0.2, 0.25) is 0 Å². The highest BCUT2D eigenvalue weighted by atomic mass is 16.8. The summed E-state index contributed by atoms with van der Waals surface area (Å²) < 4.78 is 55.9. The first-order chi connectivity index (χ1) is 28.8. The minimum atomic E-state index is -1.10. The van der Waals surface area contributed by atoms with Crippen LogP contribution in [0.1, 0.15) is 112 Å². The minimum Gasteiger partial charge on any atom is -0.462 e. The first-order valence-corrected chi connectivity index (χ1v) is 21.6. The molecule has 4 rings (SSSR count). The number of carbonyl (C=O) groups excluding carboxylic acids is 4. The van der Waals surface area contributed by atoms with E-state index in [9.17, 15) is 19.2 Å². The van der Waals surface area contributed by atoms with Crippen molar-refractivity contribution >= 4 is 23.8 Å². The van der Waals surface area contributed by atoms with Crippen molar-refractivity contribution in [2.75, 3.05) is 26.4 Å². The van der Waals surface area contributed by atoms with Crippen LogP contribution in [0.5, 0.6) is 0 Å². The summed E-state index contributed by atoms with van der Waals surface area (Å²) in [6, 6.07) is 8.53. The molecule has 3 heterocycles. The van der Waals surface area contributed by atoms with Gasteiger partial charge in [-0.3, -0.25) is 19.2 Å². The fourth-order valence-corrected chi connectivity index (χ4v) is 7.30. The van der Waals surface area contributed by atoms with E-state index in [1.165, 1.54) is 0 Å². The van der Waals surface area contributed by atoms with E-state index in [2.05, 4.69) is 15.3 Å². The van der Waals surface area contributed by atoms with Crippen molar-refractivity contribution < 1.29 is 61.8 Å². The number of nitrogens with zero attached hydrogens (tertiary/aromatic N) is 3. The van der Waals surface area contributed by atoms with E-state index in [0.717, 1.165) is 18.4 Å². The number of hydrogen-bond acceptors (Lipinski definition) is 14. The number of carbonyl (C=O) groups is 4. The Morgan fingerprint density at radius 3 is 2.18 bits per heavy atom. The lowest BCUT2D eigenvalue weighted by Crippen LogP contribution is -2.64. The van der Waals surface area contributed by atoms with Crippen molar-refractivity contribution in [1.82, 2.24) is 5.32 Å². The molecule has 0 aliphatic carbocycles. The quantitative estimate of drug-likeness (QED) is 0.0332. The van der Waals surface area contributed by atoms with Crippen molar-refractivity contribution in [3.05, 3.63) is 46.3 Å². The smallest absolute Gasteiger partial charge is 0.309 e. The first kappa shape index (κ1) is 48.8. The Kier molecular flexibility index (Phi) is 20.0. The van der Waals surface area contributed by atoms with Gasteiger partial charge in [0.1, 0.15) is 36.6 Å². The van der Waals surface area contributed by atoms with Crippen molar-refractivity contribution in [2.24, 2.45) is 28.8 Å². The fourth-order valence-electron chi connectivity index (χ4n) is 7.30. The molecule has 0 spiro atoms. The summed E-state index contributed by atoms with van der Waals surface area (Å²) in [5, 5.41) is 6.59. The van der Waals surface area contributed by atoms with E-state index >= 15 is 0 Å². The molecule has 1 N–H and O–H groups in total. The van der Waals surface area contributed by atoms with Gasteiger partial charge >= 0.3 is 17.9 Å². The molecule has 5 unspecified atom stereocenters. The second kappa shape index (κ2) is 24.6. The zero-order valence-corrected chi connectivity index (χ0v) is 36.4. The summed E-state index contributed by atoms with van der Waals surface area (Å²) in [4.78, 5) is 55.1. The Balaban J connectivity index is 1.58. The van der Waals surface area contributed by atoms with E-state index in [0.29, 0.717) is 6.42 Å². The van der Waals surface area contributed by atoms with Crippen molar-refractivity contribution in [2.45, 2.75) is 162 Å². The monoisotopic (exact) mass is 846 g/mol. The molecule has 0 radical (unpaired) electrons. The van der Waals surface area contributed by atoms with Gasteiger partial charge in [0.15, 0.2) is 18.9 Å². The third-order valence-corrected chi connectivity index (χ3v) is 11.5. The van der Waals surface area contributed by atoms with Crippen molar-refractivity contribution in [3.8, 4) is 0 Å². The molecule has 336 valence electrons. The number of rotatable bonds is 22. The lowest BCUT2D eigenvalue weighted by molar-refractivity contribution is -0.357. The van der Waals surface area contributed by atoms with Crippen LogP contribution < -0.4 is 5.32 Å². The van der Waals surface area contributed by atoms with E-state index in [1.54, 1.807) is 6.92 Å². The van der Waals surface area contributed by atoms with Gasteiger partial charge in [-0.05, 0) is 23.8 Å². The van der Waals surface area contributed by atoms with E-state index in [4.69, 9.17) is 48.2 Å². The molecule has 0 aromatic heterocycles. The first-order valence-electron chi connectivity index (χ1n) is 21.6. The topological polar surface area (TPSA) is 212 Å². The summed E-state index contributed by atoms with van der Waals surface area (Å²) in [7, 11) is 0. The lowest BCUT2D eigenvalue weighted by Gasteiger charge is -2.49. The van der Waals surface area contributed by atoms with Gasteiger partial charge in [-0.15, -0.1) is 0 Å². The molecule has 17 nitrogen and oxygen atoms in total. The maximum absolute atomic E-state index is 13.5. The van der Waals surface area contributed by atoms with Crippen LogP contribution in [0.4, 0.5) is 0 Å². The molecule has 1 amide bonds. The van der Waals surface area contributed by atoms with Gasteiger partial charge in [-0.2, -0.15) is 0 Å². The van der Waals surface area contributed by atoms with Crippen LogP contribution in [0, 0.1) is 23.7 Å². The fraction of sp³-hybridized carbons (Fsp3) is 0.767. The average Bonchev–Trinajstić information content (AvgIpc) is 3.24. The maximum atomic E-state index is 13.5. The van der Waals surface area contributed by atoms with Crippen LogP contribution >= 0.6 is 0 Å². The highest BCUT2D eigenvalue weighted by molar-refractivity contribution is 5.77. The second-order valence-corrected chi connectivity index (χ2v) is 16.2. The molecule has 1 aromatic rings. The molecule has 0 saturated carbocycles. The van der Waals surface area contributed by atoms with Crippen LogP contribution in [-0.2, 0) is 61.8 Å². The summed E-state index contributed by atoms with van der Waals surface area (Å²) in [6.07, 6.45) is -4.84. The van der Waals surface area contributed by atoms with Crippen LogP contribution in [0.25, 0.3) is 10.4 Å². The number of fused-ring (bicyclic) bond motifs is 1. The number of hydrogen-bond donors (Lipinski definition) is 1. The van der Waals surface area contributed by atoms with Crippen LogP contribution in [0.15, 0.2) is 35.4 Å². The third kappa shape index (κ3) is 14.1. The van der Waals surface area contributed by atoms with Gasteiger partial charge in [0.2, 0.25) is 5.91 Å². The third-order valence-electron chi connectivity index (χ3n) is 11.5. The van der Waals surface area contributed by atoms with E-state index in [1.807, 2.05) is 78.8 Å². The van der Waals surface area contributed by atoms with Crippen molar-refractivity contribution in [3.63, 3.8) is 0 Å².